The summed E-state index contributed by atoms with van der Waals surface area (Å²) in [6, 6.07) is 4.48. The van der Waals surface area contributed by atoms with E-state index in [1.54, 1.807) is 6.20 Å². The number of nitrogens with one attached hydrogen (secondary N) is 1. The molecule has 23 heavy (non-hydrogen) atoms. The molecule has 0 spiro atoms. The number of nitriles is 1. The minimum atomic E-state index is 0.373. The van der Waals surface area contributed by atoms with Crippen molar-refractivity contribution >= 4 is 16.8 Å². The van der Waals surface area contributed by atoms with Crippen LogP contribution >= 0.6 is 0 Å². The van der Waals surface area contributed by atoms with Gasteiger partial charge in [0.05, 0.1) is 6.20 Å². The molecule has 0 radical (unpaired) electrons. The zero-order valence-corrected chi connectivity index (χ0v) is 13.8. The van der Waals surface area contributed by atoms with Crippen molar-refractivity contribution in [3.63, 3.8) is 0 Å². The van der Waals surface area contributed by atoms with Crippen LogP contribution in [-0.2, 0) is 0 Å². The fourth-order valence-corrected chi connectivity index (χ4v) is 3.30. The molecule has 0 aliphatic heterocycles. The highest BCUT2D eigenvalue weighted by Gasteiger charge is 2.16. The highest BCUT2D eigenvalue weighted by Crippen LogP contribution is 2.27. The van der Waals surface area contributed by atoms with Crippen molar-refractivity contribution in [3.8, 4) is 6.07 Å². The molecule has 1 N–H and O–H groups in total. The first-order chi connectivity index (χ1) is 11.2. The first-order valence-corrected chi connectivity index (χ1v) is 8.38. The van der Waals surface area contributed by atoms with Crippen LogP contribution in [0.2, 0.25) is 0 Å². The second-order valence-electron chi connectivity index (χ2n) is 6.55. The van der Waals surface area contributed by atoms with E-state index in [-0.39, 0.29) is 0 Å². The minimum absolute atomic E-state index is 0.373. The molecule has 0 bridgehead atoms. The van der Waals surface area contributed by atoms with Crippen LogP contribution in [0.4, 0.5) is 5.82 Å². The van der Waals surface area contributed by atoms with E-state index in [0.29, 0.717) is 17.4 Å². The number of hydrogen-bond donors (Lipinski definition) is 1. The Bertz CT molecular complexity index is 754. The molecular weight excluding hydrogens is 286 g/mol. The van der Waals surface area contributed by atoms with E-state index >= 15 is 0 Å². The van der Waals surface area contributed by atoms with Gasteiger partial charge in [0.15, 0.2) is 5.58 Å². The second-order valence-corrected chi connectivity index (χ2v) is 6.55. The maximum Gasteiger partial charge on any atom is 0.207 e. The molecule has 4 heteroatoms. The Hall–Kier alpha value is -2.28. The van der Waals surface area contributed by atoms with E-state index in [1.807, 2.05) is 13.0 Å². The first kappa shape index (κ1) is 15.6. The lowest BCUT2D eigenvalue weighted by atomic mass is 9.96. The lowest BCUT2D eigenvalue weighted by Crippen LogP contribution is -2.22. The molecular formula is C19H23N3O. The number of nitrogens with zero attached hydrogens (tertiary/aromatic N) is 2. The van der Waals surface area contributed by atoms with Crippen molar-refractivity contribution in [2.45, 2.75) is 52.0 Å². The van der Waals surface area contributed by atoms with Crippen molar-refractivity contribution in [1.29, 1.82) is 5.26 Å². The monoisotopic (exact) mass is 309 g/mol. The van der Waals surface area contributed by atoms with Gasteiger partial charge in [-0.25, -0.2) is 4.98 Å². The lowest BCUT2D eigenvalue weighted by molar-refractivity contribution is 0.446. The van der Waals surface area contributed by atoms with Gasteiger partial charge in [0, 0.05) is 17.0 Å². The number of fused-ring (bicyclic) bond motifs is 1. The Kier molecular flexibility index (Phi) is 4.66. The van der Waals surface area contributed by atoms with Crippen LogP contribution in [0.3, 0.4) is 0 Å². The highest BCUT2D eigenvalue weighted by molar-refractivity contribution is 5.84. The van der Waals surface area contributed by atoms with Gasteiger partial charge in [-0.1, -0.05) is 25.5 Å². The number of rotatable bonds is 2. The summed E-state index contributed by atoms with van der Waals surface area (Å²) in [6.45, 7) is 4.25. The molecule has 4 nitrogen and oxygen atoms in total. The largest absolute Gasteiger partial charge is 0.444 e. The van der Waals surface area contributed by atoms with Gasteiger partial charge in [0.1, 0.15) is 11.9 Å². The van der Waals surface area contributed by atoms with Crippen LogP contribution in [0, 0.1) is 24.2 Å². The second kappa shape index (κ2) is 6.87. The standard InChI is InChI=1S/C19H23N3O/c1-13-7-5-3-4-6-8-15(9-13)22-19-10-16-14(2)17(11-20)23-18(16)12-21-19/h4,6,10,12-13,15H,3,5,7-9H2,1-2H3,(H,21,22)/b6-4-. The number of pyridine rings is 1. The highest BCUT2D eigenvalue weighted by atomic mass is 16.3. The van der Waals surface area contributed by atoms with Gasteiger partial charge in [0.2, 0.25) is 5.76 Å². The summed E-state index contributed by atoms with van der Waals surface area (Å²) in [7, 11) is 0. The summed E-state index contributed by atoms with van der Waals surface area (Å²) in [5.41, 5.74) is 1.56. The molecule has 2 aromatic rings. The fraction of sp³-hybridized carbons (Fsp3) is 0.474. The maximum absolute atomic E-state index is 9.08. The Balaban J connectivity index is 1.82. The van der Waals surface area contributed by atoms with E-state index in [4.69, 9.17) is 9.68 Å². The van der Waals surface area contributed by atoms with Crippen molar-refractivity contribution in [1.82, 2.24) is 4.98 Å². The van der Waals surface area contributed by atoms with E-state index in [1.165, 1.54) is 19.3 Å². The number of hydrogen-bond acceptors (Lipinski definition) is 4. The molecule has 1 aliphatic rings. The summed E-state index contributed by atoms with van der Waals surface area (Å²) < 4.78 is 5.50. The minimum Gasteiger partial charge on any atom is -0.444 e. The topological polar surface area (TPSA) is 61.9 Å². The average molecular weight is 309 g/mol. The molecule has 1 aliphatic carbocycles. The molecule has 120 valence electrons. The van der Waals surface area contributed by atoms with Gasteiger partial charge in [-0.05, 0) is 44.6 Å². The molecule has 0 amide bonds. The molecule has 0 saturated carbocycles. The third kappa shape index (κ3) is 3.56. The lowest BCUT2D eigenvalue weighted by Gasteiger charge is -2.21. The van der Waals surface area contributed by atoms with Gasteiger partial charge in [-0.3, -0.25) is 0 Å². The fourth-order valence-electron chi connectivity index (χ4n) is 3.30. The van der Waals surface area contributed by atoms with E-state index < -0.39 is 0 Å². The molecule has 0 saturated heterocycles. The number of aryl methyl sites for hydroxylation is 1. The maximum atomic E-state index is 9.08. The predicted octanol–water partition coefficient (Wildman–Crippen LogP) is 4.94. The number of aromatic nitrogens is 1. The Morgan fingerprint density at radius 2 is 2.26 bits per heavy atom. The van der Waals surface area contributed by atoms with Crippen LogP contribution in [0.25, 0.3) is 11.0 Å². The average Bonchev–Trinajstić information content (AvgIpc) is 2.90. The Labute approximate surface area is 137 Å². The van der Waals surface area contributed by atoms with Gasteiger partial charge in [-0.2, -0.15) is 5.26 Å². The molecule has 2 heterocycles. The van der Waals surface area contributed by atoms with Crippen molar-refractivity contribution < 1.29 is 4.42 Å². The third-order valence-corrected chi connectivity index (χ3v) is 4.62. The van der Waals surface area contributed by atoms with Gasteiger partial charge in [-0.15, -0.1) is 0 Å². The van der Waals surface area contributed by atoms with Gasteiger partial charge in [0.25, 0.3) is 0 Å². The number of furan rings is 1. The third-order valence-electron chi connectivity index (χ3n) is 4.62. The van der Waals surface area contributed by atoms with E-state index in [2.05, 4.69) is 35.4 Å². The van der Waals surface area contributed by atoms with Crippen LogP contribution in [-0.4, -0.2) is 11.0 Å². The van der Waals surface area contributed by atoms with Crippen LogP contribution in [0.5, 0.6) is 0 Å². The van der Waals surface area contributed by atoms with Gasteiger partial charge < -0.3 is 9.73 Å². The summed E-state index contributed by atoms with van der Waals surface area (Å²) >= 11 is 0. The Morgan fingerprint density at radius 3 is 3.09 bits per heavy atom. The molecule has 2 unspecified atom stereocenters. The zero-order valence-electron chi connectivity index (χ0n) is 13.8. The Morgan fingerprint density at radius 1 is 1.39 bits per heavy atom. The number of anilines is 1. The van der Waals surface area contributed by atoms with Crippen LogP contribution in [0.15, 0.2) is 28.8 Å². The summed E-state index contributed by atoms with van der Waals surface area (Å²) in [5, 5.41) is 13.6. The normalized spacial score (nSPS) is 23.5. The van der Waals surface area contributed by atoms with E-state index in [0.717, 1.165) is 35.5 Å². The zero-order chi connectivity index (χ0) is 16.2. The predicted molar refractivity (Wildman–Crippen MR) is 92.3 cm³/mol. The van der Waals surface area contributed by atoms with E-state index in [9.17, 15) is 0 Å². The van der Waals surface area contributed by atoms with Crippen LogP contribution < -0.4 is 5.32 Å². The first-order valence-electron chi connectivity index (χ1n) is 8.38. The molecule has 0 aromatic carbocycles. The SMILES string of the molecule is Cc1c(C#N)oc2cnc(NC3C/C=C\CCCC(C)C3)cc12. The van der Waals surface area contributed by atoms with Crippen LogP contribution in [0.1, 0.15) is 50.4 Å². The summed E-state index contributed by atoms with van der Waals surface area (Å²) in [5.74, 6) is 1.95. The summed E-state index contributed by atoms with van der Waals surface area (Å²) in [4.78, 5) is 4.45. The molecule has 2 atom stereocenters. The van der Waals surface area contributed by atoms with Crippen molar-refractivity contribution in [2.75, 3.05) is 5.32 Å². The quantitative estimate of drug-likeness (QED) is 0.798. The molecule has 3 rings (SSSR count). The van der Waals surface area contributed by atoms with Crippen molar-refractivity contribution in [3.05, 3.63) is 35.7 Å². The molecule has 2 aromatic heterocycles. The summed E-state index contributed by atoms with van der Waals surface area (Å²) in [6.07, 6.45) is 12.2. The van der Waals surface area contributed by atoms with Gasteiger partial charge >= 0.3 is 0 Å². The van der Waals surface area contributed by atoms with Crippen molar-refractivity contribution in [2.24, 2.45) is 5.92 Å². The smallest absolute Gasteiger partial charge is 0.207 e. The number of allylic oxidation sites excluding steroid dienone is 1. The molecule has 0 fully saturated rings.